The summed E-state index contributed by atoms with van der Waals surface area (Å²) in [5, 5.41) is 0. The number of nitrogens with zero attached hydrogens (tertiary/aromatic N) is 2. The largest absolute Gasteiger partial charge is 0.339 e. The lowest BCUT2D eigenvalue weighted by Crippen LogP contribution is -2.53. The van der Waals surface area contributed by atoms with E-state index in [1.165, 1.54) is 5.56 Å². The van der Waals surface area contributed by atoms with Gasteiger partial charge < -0.3 is 4.90 Å². The van der Waals surface area contributed by atoms with Crippen molar-refractivity contribution < 1.29 is 4.79 Å². The van der Waals surface area contributed by atoms with Crippen molar-refractivity contribution in [2.45, 2.75) is 38.1 Å². The van der Waals surface area contributed by atoms with Crippen molar-refractivity contribution in [1.82, 2.24) is 9.80 Å². The third kappa shape index (κ3) is 2.35. The van der Waals surface area contributed by atoms with Gasteiger partial charge in [-0.15, -0.1) is 0 Å². The fourth-order valence-electron chi connectivity index (χ4n) is 3.25. The molecule has 0 spiro atoms. The molecular formula is C17H24N2O. The van der Waals surface area contributed by atoms with Gasteiger partial charge in [-0.05, 0) is 32.3 Å². The van der Waals surface area contributed by atoms with E-state index in [0.717, 1.165) is 39.0 Å². The van der Waals surface area contributed by atoms with Crippen molar-refractivity contribution in [1.29, 1.82) is 0 Å². The molecule has 108 valence electrons. The molecule has 1 aliphatic heterocycles. The molecule has 3 nitrogen and oxygen atoms in total. The van der Waals surface area contributed by atoms with Crippen molar-refractivity contribution in [2.24, 2.45) is 0 Å². The normalized spacial score (nSPS) is 22.1. The van der Waals surface area contributed by atoms with E-state index < -0.39 is 0 Å². The summed E-state index contributed by atoms with van der Waals surface area (Å²) in [5.74, 6) is 0.354. The molecule has 1 saturated carbocycles. The SMILES string of the molecule is CC(C)N1CCN(C(=O)C2(c3ccccc3)CC2)CC1. The van der Waals surface area contributed by atoms with Gasteiger partial charge >= 0.3 is 0 Å². The van der Waals surface area contributed by atoms with Crippen LogP contribution >= 0.6 is 0 Å². The van der Waals surface area contributed by atoms with Crippen LogP contribution in [0.15, 0.2) is 30.3 Å². The lowest BCUT2D eigenvalue weighted by Gasteiger charge is -2.38. The smallest absolute Gasteiger partial charge is 0.233 e. The van der Waals surface area contributed by atoms with Gasteiger partial charge in [-0.25, -0.2) is 0 Å². The molecule has 1 amide bonds. The van der Waals surface area contributed by atoms with Gasteiger partial charge in [0.25, 0.3) is 0 Å². The monoisotopic (exact) mass is 272 g/mol. The number of carbonyl (C=O) groups is 1. The minimum atomic E-state index is -0.193. The van der Waals surface area contributed by atoms with E-state index in [9.17, 15) is 4.79 Å². The topological polar surface area (TPSA) is 23.6 Å². The van der Waals surface area contributed by atoms with Crippen molar-refractivity contribution in [3.8, 4) is 0 Å². The summed E-state index contributed by atoms with van der Waals surface area (Å²) in [6.45, 7) is 8.23. The van der Waals surface area contributed by atoms with Crippen molar-refractivity contribution >= 4 is 5.91 Å². The molecule has 2 fully saturated rings. The van der Waals surface area contributed by atoms with Crippen LogP contribution < -0.4 is 0 Å². The van der Waals surface area contributed by atoms with Crippen LogP contribution in [0, 0.1) is 0 Å². The minimum absolute atomic E-state index is 0.193. The summed E-state index contributed by atoms with van der Waals surface area (Å²) in [4.78, 5) is 17.4. The van der Waals surface area contributed by atoms with Gasteiger partial charge in [0.05, 0.1) is 5.41 Å². The Bertz CT molecular complexity index is 471. The maximum absolute atomic E-state index is 12.9. The second kappa shape index (κ2) is 5.21. The lowest BCUT2D eigenvalue weighted by molar-refractivity contribution is -0.136. The summed E-state index contributed by atoms with van der Waals surface area (Å²) in [7, 11) is 0. The fraction of sp³-hybridized carbons (Fsp3) is 0.588. The summed E-state index contributed by atoms with van der Waals surface area (Å²) in [6.07, 6.45) is 2.03. The number of rotatable bonds is 3. The zero-order valence-corrected chi connectivity index (χ0v) is 12.5. The van der Waals surface area contributed by atoms with Gasteiger partial charge in [-0.1, -0.05) is 30.3 Å². The van der Waals surface area contributed by atoms with Crippen LogP contribution in [0.2, 0.25) is 0 Å². The molecule has 0 radical (unpaired) electrons. The van der Waals surface area contributed by atoms with E-state index in [1.54, 1.807) is 0 Å². The highest BCUT2D eigenvalue weighted by Gasteiger charge is 2.53. The Kier molecular flexibility index (Phi) is 3.55. The molecule has 2 aliphatic rings. The first kappa shape index (κ1) is 13.6. The summed E-state index contributed by atoms with van der Waals surface area (Å²) in [6, 6.07) is 10.9. The Morgan fingerprint density at radius 2 is 1.65 bits per heavy atom. The molecule has 1 aromatic rings. The second-order valence-corrected chi connectivity index (χ2v) is 6.37. The van der Waals surface area contributed by atoms with Crippen LogP contribution in [0.5, 0.6) is 0 Å². The number of hydrogen-bond donors (Lipinski definition) is 0. The molecule has 3 heteroatoms. The van der Waals surface area contributed by atoms with E-state index >= 15 is 0 Å². The van der Waals surface area contributed by atoms with Gasteiger partial charge in [0.1, 0.15) is 0 Å². The Balaban J connectivity index is 1.69. The van der Waals surface area contributed by atoms with Crippen LogP contribution in [0.1, 0.15) is 32.3 Å². The highest BCUT2D eigenvalue weighted by Crippen LogP contribution is 2.49. The highest BCUT2D eigenvalue weighted by molar-refractivity contribution is 5.91. The molecule has 3 rings (SSSR count). The zero-order valence-electron chi connectivity index (χ0n) is 12.5. The van der Waals surface area contributed by atoms with Crippen LogP contribution in [0.3, 0.4) is 0 Å². The highest BCUT2D eigenvalue weighted by atomic mass is 16.2. The van der Waals surface area contributed by atoms with Gasteiger partial charge in [-0.2, -0.15) is 0 Å². The molecule has 20 heavy (non-hydrogen) atoms. The van der Waals surface area contributed by atoms with Gasteiger partial charge in [0.2, 0.25) is 5.91 Å². The molecular weight excluding hydrogens is 248 g/mol. The number of benzene rings is 1. The summed E-state index contributed by atoms with van der Waals surface area (Å²) in [5.41, 5.74) is 1.01. The quantitative estimate of drug-likeness (QED) is 0.843. The lowest BCUT2D eigenvalue weighted by atomic mass is 9.94. The van der Waals surface area contributed by atoms with E-state index in [1.807, 2.05) is 18.2 Å². The molecule has 0 aromatic heterocycles. The summed E-state index contributed by atoms with van der Waals surface area (Å²) >= 11 is 0. The average molecular weight is 272 g/mol. The zero-order chi connectivity index (χ0) is 14.2. The van der Waals surface area contributed by atoms with E-state index in [2.05, 4.69) is 35.8 Å². The molecule has 1 aliphatic carbocycles. The number of carbonyl (C=O) groups excluding carboxylic acids is 1. The molecule has 0 N–H and O–H groups in total. The number of amides is 1. The van der Waals surface area contributed by atoms with Crippen LogP contribution in [0.4, 0.5) is 0 Å². The number of hydrogen-bond acceptors (Lipinski definition) is 2. The first-order chi connectivity index (χ1) is 9.63. The van der Waals surface area contributed by atoms with E-state index in [-0.39, 0.29) is 5.41 Å². The third-order valence-electron chi connectivity index (χ3n) is 4.82. The van der Waals surface area contributed by atoms with E-state index in [4.69, 9.17) is 0 Å². The Morgan fingerprint density at radius 3 is 2.15 bits per heavy atom. The Hall–Kier alpha value is -1.35. The first-order valence-electron chi connectivity index (χ1n) is 7.72. The first-order valence-corrected chi connectivity index (χ1v) is 7.72. The molecule has 0 unspecified atom stereocenters. The van der Waals surface area contributed by atoms with Crippen molar-refractivity contribution in [3.63, 3.8) is 0 Å². The van der Waals surface area contributed by atoms with Gasteiger partial charge in [0, 0.05) is 32.2 Å². The molecule has 1 aromatic carbocycles. The fourth-order valence-corrected chi connectivity index (χ4v) is 3.25. The van der Waals surface area contributed by atoms with E-state index in [0.29, 0.717) is 11.9 Å². The van der Waals surface area contributed by atoms with Gasteiger partial charge in [-0.3, -0.25) is 9.69 Å². The molecule has 1 heterocycles. The van der Waals surface area contributed by atoms with Crippen LogP contribution in [-0.2, 0) is 10.2 Å². The average Bonchev–Trinajstić information content (AvgIpc) is 3.29. The van der Waals surface area contributed by atoms with Gasteiger partial charge in [0.15, 0.2) is 0 Å². The molecule has 1 saturated heterocycles. The Morgan fingerprint density at radius 1 is 1.05 bits per heavy atom. The predicted molar refractivity (Wildman–Crippen MR) is 80.6 cm³/mol. The maximum Gasteiger partial charge on any atom is 0.233 e. The van der Waals surface area contributed by atoms with Crippen molar-refractivity contribution in [3.05, 3.63) is 35.9 Å². The minimum Gasteiger partial charge on any atom is -0.339 e. The molecule has 0 bridgehead atoms. The van der Waals surface area contributed by atoms with Crippen molar-refractivity contribution in [2.75, 3.05) is 26.2 Å². The summed E-state index contributed by atoms with van der Waals surface area (Å²) < 4.78 is 0. The maximum atomic E-state index is 12.9. The standard InChI is InChI=1S/C17H24N2O/c1-14(2)18-10-12-19(13-11-18)16(20)17(8-9-17)15-6-4-3-5-7-15/h3-7,14H,8-13H2,1-2H3. The second-order valence-electron chi connectivity index (χ2n) is 6.37. The third-order valence-corrected chi connectivity index (χ3v) is 4.82. The predicted octanol–water partition coefficient (Wildman–Crippen LogP) is 2.27. The Labute approximate surface area is 121 Å². The number of piperazine rings is 1. The molecule has 0 atom stereocenters. The van der Waals surface area contributed by atoms with Crippen LogP contribution in [0.25, 0.3) is 0 Å². The van der Waals surface area contributed by atoms with Crippen LogP contribution in [-0.4, -0.2) is 47.9 Å².